The number of benzene rings is 1. The molecule has 0 spiro atoms. The zero-order valence-corrected chi connectivity index (χ0v) is 12.5. The lowest BCUT2D eigenvalue weighted by Crippen LogP contribution is -2.43. The quantitative estimate of drug-likeness (QED) is 0.856. The van der Waals surface area contributed by atoms with E-state index in [9.17, 15) is 27.1 Å². The second kappa shape index (κ2) is 6.17. The number of piperidine rings is 1. The minimum Gasteiger partial charge on any atom is -0.465 e. The molecule has 1 saturated heterocycles. The summed E-state index contributed by atoms with van der Waals surface area (Å²) < 4.78 is 53.7. The van der Waals surface area contributed by atoms with Gasteiger partial charge in [0.25, 0.3) is 10.1 Å². The van der Waals surface area contributed by atoms with E-state index in [-0.39, 0.29) is 24.9 Å². The molecule has 0 radical (unpaired) electrons. The van der Waals surface area contributed by atoms with Gasteiger partial charge in [-0.2, -0.15) is 8.42 Å². The van der Waals surface area contributed by atoms with E-state index in [4.69, 9.17) is 4.18 Å². The van der Waals surface area contributed by atoms with E-state index in [1.165, 1.54) is 6.07 Å². The highest BCUT2D eigenvalue weighted by Crippen LogP contribution is 2.33. The van der Waals surface area contributed by atoms with Gasteiger partial charge in [-0.1, -0.05) is 6.07 Å². The summed E-state index contributed by atoms with van der Waals surface area (Å²) in [7, 11) is -3.68. The number of amides is 1. The molecule has 1 heterocycles. The van der Waals surface area contributed by atoms with Gasteiger partial charge in [0.1, 0.15) is 0 Å². The second-order valence-corrected chi connectivity index (χ2v) is 6.71. The maximum absolute atomic E-state index is 13.4. The highest BCUT2D eigenvalue weighted by Gasteiger charge is 2.34. The Morgan fingerprint density at radius 2 is 2.05 bits per heavy atom. The van der Waals surface area contributed by atoms with Crippen molar-refractivity contribution in [3.05, 3.63) is 35.4 Å². The van der Waals surface area contributed by atoms with Gasteiger partial charge in [0.05, 0.1) is 18.4 Å². The second-order valence-electron chi connectivity index (χ2n) is 5.11. The Bertz CT molecular complexity index is 679. The van der Waals surface area contributed by atoms with Crippen molar-refractivity contribution in [3.8, 4) is 0 Å². The third kappa shape index (κ3) is 3.92. The van der Waals surface area contributed by atoms with Crippen LogP contribution in [-0.4, -0.2) is 43.4 Å². The summed E-state index contributed by atoms with van der Waals surface area (Å²) in [6.07, 6.45) is -0.760. The molecule has 0 aliphatic carbocycles. The standard InChI is InChI=1S/C13H15F2NO5S/c1-22(19,20)21-9-4-5-16(13(17)18)12(7-9)8-2-3-10(14)11(15)6-8/h2-3,6,9,12H,4-5,7H2,1H3,(H,17,18)/t9-,12+/m0/s1. The molecule has 22 heavy (non-hydrogen) atoms. The van der Waals surface area contributed by atoms with Crippen LogP contribution in [0.3, 0.4) is 0 Å². The van der Waals surface area contributed by atoms with Crippen molar-refractivity contribution in [1.29, 1.82) is 0 Å². The molecule has 1 amide bonds. The predicted octanol–water partition coefficient (Wildman–Crippen LogP) is 2.12. The van der Waals surface area contributed by atoms with Gasteiger partial charge in [-0.15, -0.1) is 0 Å². The Kier molecular flexibility index (Phi) is 4.66. The molecule has 1 N–H and O–H groups in total. The Morgan fingerprint density at radius 1 is 1.36 bits per heavy atom. The molecule has 1 aliphatic rings. The number of rotatable bonds is 3. The van der Waals surface area contributed by atoms with Crippen LogP contribution in [0.5, 0.6) is 0 Å². The zero-order chi connectivity index (χ0) is 16.5. The molecule has 9 heteroatoms. The molecule has 2 atom stereocenters. The molecule has 1 aromatic rings. The first-order valence-electron chi connectivity index (χ1n) is 6.50. The lowest BCUT2D eigenvalue weighted by Gasteiger charge is -2.37. The lowest BCUT2D eigenvalue weighted by molar-refractivity contribution is 0.0573. The number of hydrogen-bond acceptors (Lipinski definition) is 4. The largest absolute Gasteiger partial charge is 0.465 e. The Balaban J connectivity index is 2.28. The number of nitrogens with zero attached hydrogens (tertiary/aromatic N) is 1. The van der Waals surface area contributed by atoms with E-state index >= 15 is 0 Å². The van der Waals surface area contributed by atoms with E-state index in [1.54, 1.807) is 0 Å². The van der Waals surface area contributed by atoms with Crippen molar-refractivity contribution < 1.29 is 31.3 Å². The van der Waals surface area contributed by atoms with Gasteiger partial charge in [0, 0.05) is 6.54 Å². The number of halogens is 2. The minimum atomic E-state index is -3.68. The summed E-state index contributed by atoms with van der Waals surface area (Å²) in [5.74, 6) is -2.13. The van der Waals surface area contributed by atoms with Gasteiger partial charge in [-0.25, -0.2) is 13.6 Å². The summed E-state index contributed by atoms with van der Waals surface area (Å²) in [5, 5.41) is 9.21. The predicted molar refractivity (Wildman–Crippen MR) is 72.8 cm³/mol. The van der Waals surface area contributed by atoms with Crippen LogP contribution in [0.2, 0.25) is 0 Å². The van der Waals surface area contributed by atoms with Gasteiger partial charge in [0.2, 0.25) is 0 Å². The number of carbonyl (C=O) groups is 1. The summed E-state index contributed by atoms with van der Waals surface area (Å²) >= 11 is 0. The van der Waals surface area contributed by atoms with E-state index in [1.807, 2.05) is 0 Å². The normalized spacial score (nSPS) is 22.6. The summed E-state index contributed by atoms with van der Waals surface area (Å²) in [6.45, 7) is 0.0409. The van der Waals surface area contributed by atoms with Crippen molar-refractivity contribution >= 4 is 16.2 Å². The van der Waals surface area contributed by atoms with Crippen molar-refractivity contribution in [1.82, 2.24) is 4.90 Å². The zero-order valence-electron chi connectivity index (χ0n) is 11.7. The van der Waals surface area contributed by atoms with Crippen molar-refractivity contribution in [3.63, 3.8) is 0 Å². The molecular weight excluding hydrogens is 320 g/mol. The molecule has 0 bridgehead atoms. The van der Waals surface area contributed by atoms with E-state index < -0.39 is 40.0 Å². The first kappa shape index (κ1) is 16.6. The minimum absolute atomic E-state index is 0.0409. The fourth-order valence-corrected chi connectivity index (χ4v) is 3.20. The maximum Gasteiger partial charge on any atom is 0.407 e. The van der Waals surface area contributed by atoms with Gasteiger partial charge in [0.15, 0.2) is 11.6 Å². The highest BCUT2D eigenvalue weighted by atomic mass is 32.2. The van der Waals surface area contributed by atoms with Gasteiger partial charge >= 0.3 is 6.09 Å². The Labute approximate surface area is 126 Å². The molecule has 122 valence electrons. The first-order valence-corrected chi connectivity index (χ1v) is 8.32. The summed E-state index contributed by atoms with van der Waals surface area (Å²) in [5.41, 5.74) is 0.253. The van der Waals surface area contributed by atoms with Crippen molar-refractivity contribution in [2.24, 2.45) is 0 Å². The molecule has 0 unspecified atom stereocenters. The topological polar surface area (TPSA) is 83.9 Å². The van der Waals surface area contributed by atoms with Crippen LogP contribution in [0, 0.1) is 11.6 Å². The molecule has 1 fully saturated rings. The number of likely N-dealkylation sites (tertiary alicyclic amines) is 1. The summed E-state index contributed by atoms with van der Waals surface area (Å²) in [4.78, 5) is 12.3. The van der Waals surface area contributed by atoms with Crippen LogP contribution >= 0.6 is 0 Å². The highest BCUT2D eigenvalue weighted by molar-refractivity contribution is 7.86. The molecule has 0 aromatic heterocycles. The van der Waals surface area contributed by atoms with E-state index in [0.717, 1.165) is 23.3 Å². The van der Waals surface area contributed by atoms with Gasteiger partial charge < -0.3 is 10.0 Å². The lowest BCUT2D eigenvalue weighted by atomic mass is 9.93. The van der Waals surface area contributed by atoms with Crippen molar-refractivity contribution in [2.75, 3.05) is 12.8 Å². The van der Waals surface area contributed by atoms with Gasteiger partial charge in [-0.05, 0) is 30.5 Å². The Hall–Kier alpha value is -1.74. The molecular formula is C13H15F2NO5S. The van der Waals surface area contributed by atoms with Crippen LogP contribution in [0.1, 0.15) is 24.4 Å². The average molecular weight is 335 g/mol. The molecule has 6 nitrogen and oxygen atoms in total. The SMILES string of the molecule is CS(=O)(=O)O[C@H]1CCN(C(=O)O)[C@@H](c2ccc(F)c(F)c2)C1. The molecule has 1 aliphatic heterocycles. The third-order valence-electron chi connectivity index (χ3n) is 3.44. The maximum atomic E-state index is 13.4. The van der Waals surface area contributed by atoms with Gasteiger partial charge in [-0.3, -0.25) is 4.18 Å². The average Bonchev–Trinajstić information content (AvgIpc) is 2.39. The fraction of sp³-hybridized carbons (Fsp3) is 0.462. The third-order valence-corrected chi connectivity index (χ3v) is 4.06. The van der Waals surface area contributed by atoms with Crippen molar-refractivity contribution in [2.45, 2.75) is 25.0 Å². The molecule has 2 rings (SSSR count). The van der Waals surface area contributed by atoms with Crippen LogP contribution < -0.4 is 0 Å². The molecule has 1 aromatic carbocycles. The van der Waals surface area contributed by atoms with Crippen LogP contribution in [0.15, 0.2) is 18.2 Å². The molecule has 0 saturated carbocycles. The van der Waals surface area contributed by atoms with E-state index in [2.05, 4.69) is 0 Å². The summed E-state index contributed by atoms with van der Waals surface area (Å²) in [6, 6.07) is 2.31. The van der Waals surface area contributed by atoms with Crippen LogP contribution in [0.4, 0.5) is 13.6 Å². The monoisotopic (exact) mass is 335 g/mol. The van der Waals surface area contributed by atoms with E-state index in [0.29, 0.717) is 0 Å². The van der Waals surface area contributed by atoms with Crippen LogP contribution in [-0.2, 0) is 14.3 Å². The fourth-order valence-electron chi connectivity index (χ4n) is 2.53. The first-order chi connectivity index (χ1) is 10.2. The smallest absolute Gasteiger partial charge is 0.407 e. The Morgan fingerprint density at radius 3 is 2.59 bits per heavy atom. The van der Waals surface area contributed by atoms with Crippen LogP contribution in [0.25, 0.3) is 0 Å². The number of carboxylic acid groups (broad SMARTS) is 1. The number of hydrogen-bond donors (Lipinski definition) is 1.